The van der Waals surface area contributed by atoms with Crippen LogP contribution in [0.3, 0.4) is 0 Å². The fourth-order valence-electron chi connectivity index (χ4n) is 4.10. The standard InChI is InChI=1S/C23H20ClN3O4S3/c24-18-10-8-16-9-11-20(14-17(16)13-18)34(30,31)27-12-4-7-21(27)23-26-25-22(32-23)15-33(28,29)19-5-2-1-3-6-19/h1-3,5-6,8-11,13-14,21H,4,7,12,15H2. The molecule has 1 aromatic heterocycles. The van der Waals surface area contributed by atoms with Gasteiger partial charge in [0.2, 0.25) is 10.0 Å². The lowest BCUT2D eigenvalue weighted by Crippen LogP contribution is -2.30. The molecule has 4 aromatic rings. The van der Waals surface area contributed by atoms with E-state index in [0.717, 1.165) is 22.1 Å². The molecule has 2 heterocycles. The molecule has 1 atom stereocenters. The molecule has 7 nitrogen and oxygen atoms in total. The van der Waals surface area contributed by atoms with E-state index in [4.69, 9.17) is 11.6 Å². The molecule has 0 aliphatic carbocycles. The minimum Gasteiger partial charge on any atom is -0.223 e. The van der Waals surface area contributed by atoms with Gasteiger partial charge < -0.3 is 0 Å². The smallest absolute Gasteiger partial charge is 0.223 e. The van der Waals surface area contributed by atoms with Crippen LogP contribution in [0.15, 0.2) is 76.5 Å². The zero-order valence-corrected chi connectivity index (χ0v) is 21.0. The summed E-state index contributed by atoms with van der Waals surface area (Å²) in [5.41, 5.74) is 0. The zero-order valence-electron chi connectivity index (χ0n) is 17.8. The average Bonchev–Trinajstić information content (AvgIpc) is 3.49. The molecule has 11 heteroatoms. The molecule has 0 N–H and O–H groups in total. The number of sulfone groups is 1. The van der Waals surface area contributed by atoms with Crippen LogP contribution in [0.5, 0.6) is 0 Å². The molecule has 1 saturated heterocycles. The Morgan fingerprint density at radius 3 is 2.47 bits per heavy atom. The van der Waals surface area contributed by atoms with Crippen LogP contribution in [0.2, 0.25) is 5.02 Å². The quantitative estimate of drug-likeness (QED) is 0.351. The summed E-state index contributed by atoms with van der Waals surface area (Å²) in [6.07, 6.45) is 1.28. The lowest BCUT2D eigenvalue weighted by molar-refractivity contribution is 0.394. The van der Waals surface area contributed by atoms with Gasteiger partial charge >= 0.3 is 0 Å². The van der Waals surface area contributed by atoms with Crippen molar-refractivity contribution in [1.29, 1.82) is 0 Å². The summed E-state index contributed by atoms with van der Waals surface area (Å²) in [5, 5.41) is 11.3. The minimum absolute atomic E-state index is 0.186. The fourth-order valence-corrected chi connectivity index (χ4v) is 8.65. The van der Waals surface area contributed by atoms with Crippen LogP contribution >= 0.6 is 22.9 Å². The number of benzene rings is 3. The van der Waals surface area contributed by atoms with Crippen LogP contribution in [-0.2, 0) is 25.6 Å². The van der Waals surface area contributed by atoms with Crippen molar-refractivity contribution in [3.63, 3.8) is 0 Å². The Morgan fingerprint density at radius 1 is 0.912 bits per heavy atom. The van der Waals surface area contributed by atoms with E-state index in [2.05, 4.69) is 10.2 Å². The number of hydrogen-bond acceptors (Lipinski definition) is 7. The molecule has 1 unspecified atom stereocenters. The van der Waals surface area contributed by atoms with Gasteiger partial charge in [-0.15, -0.1) is 10.2 Å². The maximum atomic E-state index is 13.5. The molecule has 0 spiro atoms. The molecular formula is C23H20ClN3O4S3. The van der Waals surface area contributed by atoms with Gasteiger partial charge in [-0.2, -0.15) is 4.31 Å². The van der Waals surface area contributed by atoms with Gasteiger partial charge in [0.25, 0.3) is 0 Å². The highest BCUT2D eigenvalue weighted by Crippen LogP contribution is 2.38. The van der Waals surface area contributed by atoms with Crippen LogP contribution < -0.4 is 0 Å². The summed E-state index contributed by atoms with van der Waals surface area (Å²) in [7, 11) is -7.37. The number of hydrogen-bond donors (Lipinski definition) is 0. The number of aromatic nitrogens is 2. The van der Waals surface area contributed by atoms with Crippen LogP contribution in [0.4, 0.5) is 0 Å². The predicted molar refractivity (Wildman–Crippen MR) is 132 cm³/mol. The summed E-state index contributed by atoms with van der Waals surface area (Å²) >= 11 is 7.23. The third kappa shape index (κ3) is 4.48. The summed E-state index contributed by atoms with van der Waals surface area (Å²) in [6, 6.07) is 18.0. The Balaban J connectivity index is 1.42. The second kappa shape index (κ2) is 9.01. The number of rotatable bonds is 6. The minimum atomic E-state index is -3.80. The van der Waals surface area contributed by atoms with Gasteiger partial charge in [-0.05, 0) is 60.0 Å². The SMILES string of the molecule is O=S(=O)(Cc1nnc(C2CCCN2S(=O)(=O)c2ccc3ccc(Cl)cc3c2)s1)c1ccccc1. The predicted octanol–water partition coefficient (Wildman–Crippen LogP) is 4.84. The summed E-state index contributed by atoms with van der Waals surface area (Å²) in [5.74, 6) is -0.278. The number of fused-ring (bicyclic) bond motifs is 1. The second-order valence-corrected chi connectivity index (χ2v) is 13.4. The molecule has 0 bridgehead atoms. The molecule has 0 amide bonds. The number of halogens is 1. The number of sulfonamides is 1. The van der Waals surface area contributed by atoms with Crippen molar-refractivity contribution in [2.24, 2.45) is 0 Å². The van der Waals surface area contributed by atoms with Crippen molar-refractivity contribution >= 4 is 53.6 Å². The summed E-state index contributed by atoms with van der Waals surface area (Å²) < 4.78 is 53.9. The lowest BCUT2D eigenvalue weighted by Gasteiger charge is -2.22. The van der Waals surface area contributed by atoms with Gasteiger partial charge in [-0.1, -0.05) is 53.3 Å². The first-order valence-electron chi connectivity index (χ1n) is 10.6. The van der Waals surface area contributed by atoms with Gasteiger partial charge in [0, 0.05) is 11.6 Å². The first-order valence-corrected chi connectivity index (χ1v) is 14.8. The van der Waals surface area contributed by atoms with Crippen LogP contribution in [0.25, 0.3) is 10.8 Å². The summed E-state index contributed by atoms with van der Waals surface area (Å²) in [4.78, 5) is 0.402. The van der Waals surface area contributed by atoms with E-state index in [0.29, 0.717) is 34.4 Å². The molecule has 1 aliphatic heterocycles. The largest absolute Gasteiger partial charge is 0.243 e. The Bertz CT molecular complexity index is 1570. The van der Waals surface area contributed by atoms with Gasteiger partial charge in [0.05, 0.1) is 15.8 Å². The van der Waals surface area contributed by atoms with Crippen LogP contribution in [-0.4, -0.2) is 37.9 Å². The first kappa shape index (κ1) is 23.4. The molecule has 5 rings (SSSR count). The topological polar surface area (TPSA) is 97.3 Å². The number of nitrogens with zero attached hydrogens (tertiary/aromatic N) is 3. The molecule has 1 fully saturated rings. The van der Waals surface area contributed by atoms with Crippen molar-refractivity contribution < 1.29 is 16.8 Å². The van der Waals surface area contributed by atoms with Crippen molar-refractivity contribution in [1.82, 2.24) is 14.5 Å². The third-order valence-electron chi connectivity index (χ3n) is 5.77. The molecule has 34 heavy (non-hydrogen) atoms. The molecule has 0 radical (unpaired) electrons. The van der Waals surface area contributed by atoms with Gasteiger partial charge in [0.15, 0.2) is 9.84 Å². The molecular weight excluding hydrogens is 514 g/mol. The van der Waals surface area contributed by atoms with E-state index in [1.54, 1.807) is 60.7 Å². The zero-order chi connectivity index (χ0) is 23.9. The first-order chi connectivity index (χ1) is 16.2. The molecule has 0 saturated carbocycles. The van der Waals surface area contributed by atoms with E-state index in [1.807, 2.05) is 6.07 Å². The molecule has 1 aliphatic rings. The monoisotopic (exact) mass is 533 g/mol. The van der Waals surface area contributed by atoms with Gasteiger partial charge in [-0.25, -0.2) is 16.8 Å². The van der Waals surface area contributed by atoms with E-state index < -0.39 is 25.9 Å². The average molecular weight is 534 g/mol. The van der Waals surface area contributed by atoms with Gasteiger partial charge in [-0.3, -0.25) is 0 Å². The van der Waals surface area contributed by atoms with Crippen molar-refractivity contribution in [2.75, 3.05) is 6.54 Å². The second-order valence-electron chi connectivity index (χ2n) is 8.03. The molecule has 3 aromatic carbocycles. The van der Waals surface area contributed by atoms with Gasteiger partial charge in [0.1, 0.15) is 15.8 Å². The van der Waals surface area contributed by atoms with Crippen LogP contribution in [0.1, 0.15) is 28.9 Å². The highest BCUT2D eigenvalue weighted by molar-refractivity contribution is 7.90. The van der Waals surface area contributed by atoms with Crippen LogP contribution in [0, 0.1) is 0 Å². The Morgan fingerprint density at radius 2 is 1.68 bits per heavy atom. The van der Waals surface area contributed by atoms with Crippen molar-refractivity contribution in [3.8, 4) is 0 Å². The Labute approximate surface area is 207 Å². The van der Waals surface area contributed by atoms with Crippen molar-refractivity contribution in [3.05, 3.63) is 81.8 Å². The highest BCUT2D eigenvalue weighted by Gasteiger charge is 2.38. The highest BCUT2D eigenvalue weighted by atomic mass is 35.5. The fraction of sp³-hybridized carbons (Fsp3) is 0.217. The molecule has 176 valence electrons. The maximum Gasteiger partial charge on any atom is 0.243 e. The Hall–Kier alpha value is -2.37. The maximum absolute atomic E-state index is 13.5. The summed E-state index contributed by atoms with van der Waals surface area (Å²) in [6.45, 7) is 0.359. The van der Waals surface area contributed by atoms with E-state index in [-0.39, 0.29) is 15.5 Å². The normalized spacial score (nSPS) is 17.4. The van der Waals surface area contributed by atoms with E-state index in [1.165, 1.54) is 4.31 Å². The lowest BCUT2D eigenvalue weighted by atomic mass is 10.1. The van der Waals surface area contributed by atoms with E-state index in [9.17, 15) is 16.8 Å². The van der Waals surface area contributed by atoms with E-state index >= 15 is 0 Å². The van der Waals surface area contributed by atoms with Crippen molar-refractivity contribution in [2.45, 2.75) is 34.4 Å². The third-order valence-corrected chi connectivity index (χ3v) is 10.8. The Kier molecular flexibility index (Phi) is 6.19.